The maximum absolute atomic E-state index is 13.6. The summed E-state index contributed by atoms with van der Waals surface area (Å²) < 4.78 is 19.0. The van der Waals surface area contributed by atoms with E-state index in [1.807, 2.05) is 36.4 Å². The highest BCUT2D eigenvalue weighted by Gasteiger charge is 2.26. The third kappa shape index (κ3) is 3.60. The molecule has 1 unspecified atom stereocenters. The van der Waals surface area contributed by atoms with Crippen LogP contribution in [-0.4, -0.2) is 34.7 Å². The standard InChI is InChI=1S/C19H19FN4O/c20-16-8-4-7-15(11-16)17-12-21-9-10-24(17)13-18-22-19(23-25-18)14-5-2-1-3-6-14/h1-8,11,17,21H,9-10,12-13H2. The molecule has 0 spiro atoms. The monoisotopic (exact) mass is 338 g/mol. The Labute approximate surface area is 145 Å². The Kier molecular flexibility index (Phi) is 4.54. The lowest BCUT2D eigenvalue weighted by Crippen LogP contribution is -2.45. The van der Waals surface area contributed by atoms with Gasteiger partial charge >= 0.3 is 0 Å². The van der Waals surface area contributed by atoms with Gasteiger partial charge in [-0.05, 0) is 17.7 Å². The highest BCUT2D eigenvalue weighted by Crippen LogP contribution is 2.25. The first-order chi connectivity index (χ1) is 12.3. The van der Waals surface area contributed by atoms with Crippen molar-refractivity contribution < 1.29 is 8.91 Å². The molecular weight excluding hydrogens is 319 g/mol. The van der Waals surface area contributed by atoms with E-state index in [4.69, 9.17) is 4.52 Å². The van der Waals surface area contributed by atoms with Crippen LogP contribution in [-0.2, 0) is 6.54 Å². The van der Waals surface area contributed by atoms with E-state index >= 15 is 0 Å². The second-order valence-electron chi connectivity index (χ2n) is 6.12. The minimum Gasteiger partial charge on any atom is -0.338 e. The molecule has 2 heterocycles. The van der Waals surface area contributed by atoms with Crippen molar-refractivity contribution in [2.24, 2.45) is 0 Å². The average molecular weight is 338 g/mol. The summed E-state index contributed by atoms with van der Waals surface area (Å²) in [6.07, 6.45) is 0. The molecule has 1 atom stereocenters. The zero-order valence-corrected chi connectivity index (χ0v) is 13.7. The van der Waals surface area contributed by atoms with Crippen LogP contribution in [0, 0.1) is 5.82 Å². The summed E-state index contributed by atoms with van der Waals surface area (Å²) in [7, 11) is 0. The summed E-state index contributed by atoms with van der Waals surface area (Å²) in [4.78, 5) is 6.75. The number of halogens is 1. The molecule has 1 N–H and O–H groups in total. The maximum atomic E-state index is 13.6. The van der Waals surface area contributed by atoms with Crippen molar-refractivity contribution in [3.8, 4) is 11.4 Å². The SMILES string of the molecule is Fc1cccc(C2CNCCN2Cc2nc(-c3ccccc3)no2)c1. The molecule has 2 aromatic carbocycles. The molecule has 25 heavy (non-hydrogen) atoms. The number of rotatable bonds is 4. The van der Waals surface area contributed by atoms with Crippen LogP contribution in [0.2, 0.25) is 0 Å². The summed E-state index contributed by atoms with van der Waals surface area (Å²) in [6, 6.07) is 16.6. The van der Waals surface area contributed by atoms with E-state index in [0.29, 0.717) is 18.3 Å². The first-order valence-corrected chi connectivity index (χ1v) is 8.38. The lowest BCUT2D eigenvalue weighted by atomic mass is 10.0. The molecule has 0 saturated carbocycles. The Hall–Kier alpha value is -2.57. The molecule has 1 saturated heterocycles. The number of nitrogens with one attached hydrogen (secondary N) is 1. The van der Waals surface area contributed by atoms with E-state index in [9.17, 15) is 4.39 Å². The van der Waals surface area contributed by atoms with Crippen molar-refractivity contribution in [2.45, 2.75) is 12.6 Å². The van der Waals surface area contributed by atoms with Gasteiger partial charge < -0.3 is 9.84 Å². The molecule has 1 aliphatic heterocycles. The molecule has 128 valence electrons. The molecule has 1 aliphatic rings. The first-order valence-electron chi connectivity index (χ1n) is 8.38. The summed E-state index contributed by atoms with van der Waals surface area (Å²) in [5.41, 5.74) is 1.88. The van der Waals surface area contributed by atoms with Crippen molar-refractivity contribution in [1.29, 1.82) is 0 Å². The molecule has 0 aliphatic carbocycles. The van der Waals surface area contributed by atoms with Gasteiger partial charge in [-0.3, -0.25) is 4.90 Å². The number of aromatic nitrogens is 2. The van der Waals surface area contributed by atoms with Crippen LogP contribution in [0.4, 0.5) is 4.39 Å². The predicted octanol–water partition coefficient (Wildman–Crippen LogP) is 3.02. The van der Waals surface area contributed by atoms with Crippen LogP contribution in [0.25, 0.3) is 11.4 Å². The molecule has 0 amide bonds. The molecule has 4 rings (SSSR count). The zero-order chi connectivity index (χ0) is 17.1. The fourth-order valence-corrected chi connectivity index (χ4v) is 3.18. The quantitative estimate of drug-likeness (QED) is 0.792. The van der Waals surface area contributed by atoms with E-state index in [1.54, 1.807) is 12.1 Å². The van der Waals surface area contributed by atoms with Crippen LogP contribution < -0.4 is 5.32 Å². The van der Waals surface area contributed by atoms with E-state index in [2.05, 4.69) is 20.4 Å². The largest absolute Gasteiger partial charge is 0.338 e. The first kappa shape index (κ1) is 15.9. The lowest BCUT2D eigenvalue weighted by Gasteiger charge is -2.35. The van der Waals surface area contributed by atoms with Gasteiger partial charge in [-0.25, -0.2) is 4.39 Å². The van der Waals surface area contributed by atoms with Gasteiger partial charge in [-0.2, -0.15) is 4.98 Å². The molecule has 5 nitrogen and oxygen atoms in total. The van der Waals surface area contributed by atoms with Crippen LogP contribution in [0.3, 0.4) is 0 Å². The number of benzene rings is 2. The summed E-state index contributed by atoms with van der Waals surface area (Å²) in [5.74, 6) is 0.947. The van der Waals surface area contributed by atoms with E-state index in [-0.39, 0.29) is 11.9 Å². The van der Waals surface area contributed by atoms with Gasteiger partial charge in [0.05, 0.1) is 6.54 Å². The van der Waals surface area contributed by atoms with Gasteiger partial charge in [0, 0.05) is 31.2 Å². The molecule has 0 bridgehead atoms. The van der Waals surface area contributed by atoms with E-state index in [1.165, 1.54) is 6.07 Å². The minimum absolute atomic E-state index is 0.0801. The molecule has 0 radical (unpaired) electrons. The Morgan fingerprint density at radius 3 is 2.88 bits per heavy atom. The summed E-state index contributed by atoms with van der Waals surface area (Å²) in [5, 5.41) is 7.44. The van der Waals surface area contributed by atoms with Gasteiger partial charge in [0.2, 0.25) is 11.7 Å². The number of nitrogens with zero attached hydrogens (tertiary/aromatic N) is 3. The topological polar surface area (TPSA) is 54.2 Å². The van der Waals surface area contributed by atoms with Gasteiger partial charge in [0.1, 0.15) is 5.82 Å². The third-order valence-corrected chi connectivity index (χ3v) is 4.43. The highest BCUT2D eigenvalue weighted by atomic mass is 19.1. The van der Waals surface area contributed by atoms with Crippen LogP contribution >= 0.6 is 0 Å². The van der Waals surface area contributed by atoms with Gasteiger partial charge in [-0.15, -0.1) is 0 Å². The van der Waals surface area contributed by atoms with Crippen LogP contribution in [0.15, 0.2) is 59.1 Å². The smallest absolute Gasteiger partial charge is 0.241 e. The molecule has 3 aromatic rings. The number of piperazine rings is 1. The lowest BCUT2D eigenvalue weighted by molar-refractivity contribution is 0.135. The van der Waals surface area contributed by atoms with Crippen molar-refractivity contribution >= 4 is 0 Å². The Morgan fingerprint density at radius 2 is 2.04 bits per heavy atom. The second kappa shape index (κ2) is 7.13. The zero-order valence-electron chi connectivity index (χ0n) is 13.7. The maximum Gasteiger partial charge on any atom is 0.241 e. The molecule has 1 fully saturated rings. The Balaban J connectivity index is 1.53. The fourth-order valence-electron chi connectivity index (χ4n) is 3.18. The van der Waals surface area contributed by atoms with Gasteiger partial charge in [0.25, 0.3) is 0 Å². The number of hydrogen-bond donors (Lipinski definition) is 1. The predicted molar refractivity (Wildman–Crippen MR) is 92.2 cm³/mol. The normalized spacial score (nSPS) is 18.4. The van der Waals surface area contributed by atoms with E-state index < -0.39 is 0 Å². The van der Waals surface area contributed by atoms with Crippen molar-refractivity contribution in [3.63, 3.8) is 0 Å². The third-order valence-electron chi connectivity index (χ3n) is 4.43. The molecular formula is C19H19FN4O. The number of hydrogen-bond acceptors (Lipinski definition) is 5. The molecule has 6 heteroatoms. The van der Waals surface area contributed by atoms with Crippen LogP contribution in [0.1, 0.15) is 17.5 Å². The second-order valence-corrected chi connectivity index (χ2v) is 6.12. The van der Waals surface area contributed by atoms with Crippen molar-refractivity contribution in [2.75, 3.05) is 19.6 Å². The Morgan fingerprint density at radius 1 is 1.16 bits per heavy atom. The average Bonchev–Trinajstić information content (AvgIpc) is 3.11. The van der Waals surface area contributed by atoms with Crippen molar-refractivity contribution in [1.82, 2.24) is 20.4 Å². The van der Waals surface area contributed by atoms with Gasteiger partial charge in [-0.1, -0.05) is 47.6 Å². The highest BCUT2D eigenvalue weighted by molar-refractivity contribution is 5.53. The minimum atomic E-state index is -0.216. The summed E-state index contributed by atoms with van der Waals surface area (Å²) in [6.45, 7) is 3.03. The van der Waals surface area contributed by atoms with Crippen LogP contribution in [0.5, 0.6) is 0 Å². The fraction of sp³-hybridized carbons (Fsp3) is 0.263. The van der Waals surface area contributed by atoms with Gasteiger partial charge in [0.15, 0.2) is 0 Å². The van der Waals surface area contributed by atoms with Crippen molar-refractivity contribution in [3.05, 3.63) is 71.9 Å². The molecule has 1 aromatic heterocycles. The Bertz CT molecular complexity index is 836. The summed E-state index contributed by atoms with van der Waals surface area (Å²) >= 11 is 0. The van der Waals surface area contributed by atoms with E-state index in [0.717, 1.165) is 30.8 Å².